The molecule has 0 N–H and O–H groups in total. The average Bonchev–Trinajstić information content (AvgIpc) is 3.16. The molecule has 0 aliphatic carbocycles. The highest BCUT2D eigenvalue weighted by Crippen LogP contribution is 2.31. The van der Waals surface area contributed by atoms with E-state index >= 15 is 0 Å². The molecule has 1 aliphatic heterocycles. The maximum Gasteiger partial charge on any atom is 0.243 e. The SMILES string of the molecule is CC(=O)N1CCCc2cc(S(=O)(=O)N(CCN(C)C)Cc3cccs3)ccc21. The van der Waals surface area contributed by atoms with Crippen LogP contribution >= 0.6 is 11.3 Å². The van der Waals surface area contributed by atoms with Gasteiger partial charge in [0.1, 0.15) is 0 Å². The summed E-state index contributed by atoms with van der Waals surface area (Å²) in [6.07, 6.45) is 1.63. The van der Waals surface area contributed by atoms with Crippen molar-refractivity contribution in [3.05, 3.63) is 46.2 Å². The lowest BCUT2D eigenvalue weighted by Crippen LogP contribution is -2.36. The first-order valence-corrected chi connectivity index (χ1v) is 11.7. The van der Waals surface area contributed by atoms with Crippen LogP contribution in [0.2, 0.25) is 0 Å². The topological polar surface area (TPSA) is 60.9 Å². The normalized spacial score (nSPS) is 14.5. The molecular formula is C20H27N3O3S2. The Morgan fingerprint density at radius 1 is 1.21 bits per heavy atom. The Bertz CT molecular complexity index is 924. The second kappa shape index (κ2) is 8.73. The Hall–Kier alpha value is -1.74. The van der Waals surface area contributed by atoms with Gasteiger partial charge in [-0.15, -0.1) is 11.3 Å². The third kappa shape index (κ3) is 4.63. The van der Waals surface area contributed by atoms with Gasteiger partial charge in [-0.05, 0) is 62.1 Å². The maximum atomic E-state index is 13.4. The van der Waals surface area contributed by atoms with Crippen molar-refractivity contribution in [3.8, 4) is 0 Å². The van der Waals surface area contributed by atoms with Gasteiger partial charge in [-0.25, -0.2) is 8.42 Å². The van der Waals surface area contributed by atoms with E-state index in [1.807, 2.05) is 36.5 Å². The highest BCUT2D eigenvalue weighted by molar-refractivity contribution is 7.89. The molecule has 8 heteroatoms. The molecule has 2 aromatic rings. The summed E-state index contributed by atoms with van der Waals surface area (Å²) in [5, 5.41) is 1.96. The van der Waals surface area contributed by atoms with E-state index in [-0.39, 0.29) is 5.91 Å². The summed E-state index contributed by atoms with van der Waals surface area (Å²) in [4.78, 5) is 16.9. The number of amides is 1. The molecule has 6 nitrogen and oxygen atoms in total. The molecule has 0 saturated heterocycles. The van der Waals surface area contributed by atoms with Gasteiger partial charge in [0.15, 0.2) is 0 Å². The summed E-state index contributed by atoms with van der Waals surface area (Å²) in [7, 11) is 0.237. The first kappa shape index (κ1) is 21.0. The zero-order valence-electron chi connectivity index (χ0n) is 16.6. The Labute approximate surface area is 171 Å². The van der Waals surface area contributed by atoms with E-state index in [1.165, 1.54) is 0 Å². The van der Waals surface area contributed by atoms with Gasteiger partial charge in [0.05, 0.1) is 4.90 Å². The number of likely N-dealkylation sites (N-methyl/N-ethyl adjacent to an activating group) is 1. The Balaban J connectivity index is 1.93. The van der Waals surface area contributed by atoms with Crippen LogP contribution in [-0.4, -0.2) is 57.3 Å². The predicted molar refractivity (Wildman–Crippen MR) is 113 cm³/mol. The molecular weight excluding hydrogens is 394 g/mol. The highest BCUT2D eigenvalue weighted by Gasteiger charge is 2.28. The second-order valence-electron chi connectivity index (χ2n) is 7.29. The number of hydrogen-bond acceptors (Lipinski definition) is 5. The van der Waals surface area contributed by atoms with E-state index in [0.717, 1.165) is 29.0 Å². The van der Waals surface area contributed by atoms with E-state index in [9.17, 15) is 13.2 Å². The van der Waals surface area contributed by atoms with Crippen LogP contribution in [0.1, 0.15) is 23.8 Å². The minimum absolute atomic E-state index is 0.0122. The molecule has 0 fully saturated rings. The van der Waals surface area contributed by atoms with Gasteiger partial charge in [0, 0.05) is 43.7 Å². The van der Waals surface area contributed by atoms with Crippen molar-refractivity contribution in [1.29, 1.82) is 0 Å². The first-order valence-electron chi connectivity index (χ1n) is 9.37. The van der Waals surface area contributed by atoms with Gasteiger partial charge in [-0.1, -0.05) is 6.07 Å². The summed E-state index contributed by atoms with van der Waals surface area (Å²) < 4.78 is 28.4. The van der Waals surface area contributed by atoms with Crippen LogP contribution in [0.3, 0.4) is 0 Å². The number of carbonyl (C=O) groups is 1. The standard InChI is InChI=1S/C20H27N3O3S2/c1-16(24)23-10-4-6-17-14-19(8-9-20(17)23)28(25,26)22(12-11-21(2)3)15-18-7-5-13-27-18/h5,7-9,13-14H,4,6,10-12,15H2,1-3H3. The summed E-state index contributed by atoms with van der Waals surface area (Å²) in [6.45, 7) is 3.66. The number of sulfonamides is 1. The Morgan fingerprint density at radius 2 is 2.00 bits per heavy atom. The molecule has 1 aliphatic rings. The van der Waals surface area contributed by atoms with Crippen LogP contribution < -0.4 is 4.90 Å². The van der Waals surface area contributed by atoms with Crippen LogP contribution in [0.4, 0.5) is 5.69 Å². The average molecular weight is 422 g/mol. The number of thiophene rings is 1. The number of hydrogen-bond donors (Lipinski definition) is 0. The number of fused-ring (bicyclic) bond motifs is 1. The zero-order chi connectivity index (χ0) is 20.3. The number of aryl methyl sites for hydroxylation is 1. The first-order chi connectivity index (χ1) is 13.3. The van der Waals surface area contributed by atoms with Crippen molar-refractivity contribution in [3.63, 3.8) is 0 Å². The van der Waals surface area contributed by atoms with E-state index in [4.69, 9.17) is 0 Å². The van der Waals surface area contributed by atoms with Crippen molar-refractivity contribution < 1.29 is 13.2 Å². The summed E-state index contributed by atoms with van der Waals surface area (Å²) in [6, 6.07) is 9.05. The fourth-order valence-corrected chi connectivity index (χ4v) is 5.64. The molecule has 0 spiro atoms. The Morgan fingerprint density at radius 3 is 2.64 bits per heavy atom. The quantitative estimate of drug-likeness (QED) is 0.690. The van der Waals surface area contributed by atoms with Crippen LogP contribution in [0, 0.1) is 0 Å². The number of nitrogens with zero attached hydrogens (tertiary/aromatic N) is 3. The van der Waals surface area contributed by atoms with Crippen molar-refractivity contribution in [2.75, 3.05) is 38.6 Å². The van der Waals surface area contributed by atoms with Gasteiger partial charge in [-0.3, -0.25) is 4.79 Å². The van der Waals surface area contributed by atoms with Crippen LogP contribution in [0.5, 0.6) is 0 Å². The molecule has 0 saturated carbocycles. The van der Waals surface area contributed by atoms with Gasteiger partial charge in [-0.2, -0.15) is 4.31 Å². The number of anilines is 1. The molecule has 28 heavy (non-hydrogen) atoms. The minimum Gasteiger partial charge on any atom is -0.312 e. The van der Waals surface area contributed by atoms with Crippen molar-refractivity contribution in [2.24, 2.45) is 0 Å². The third-order valence-corrected chi connectivity index (χ3v) is 7.60. The number of carbonyl (C=O) groups excluding carboxylic acids is 1. The molecule has 1 aromatic carbocycles. The smallest absolute Gasteiger partial charge is 0.243 e. The van der Waals surface area contributed by atoms with Gasteiger partial charge in [0.2, 0.25) is 15.9 Å². The lowest BCUT2D eigenvalue weighted by molar-refractivity contribution is -0.116. The largest absolute Gasteiger partial charge is 0.312 e. The molecule has 1 aromatic heterocycles. The monoisotopic (exact) mass is 421 g/mol. The van der Waals surface area contributed by atoms with Crippen molar-refractivity contribution in [2.45, 2.75) is 31.2 Å². The molecule has 152 valence electrons. The molecule has 2 heterocycles. The molecule has 0 radical (unpaired) electrons. The highest BCUT2D eigenvalue weighted by atomic mass is 32.2. The molecule has 0 bridgehead atoms. The predicted octanol–water partition coefficient (Wildman–Crippen LogP) is 2.80. The van der Waals surface area contributed by atoms with E-state index < -0.39 is 10.0 Å². The Kier molecular flexibility index (Phi) is 6.54. The summed E-state index contributed by atoms with van der Waals surface area (Å²) in [5.41, 5.74) is 1.75. The van der Waals surface area contributed by atoms with Crippen LogP contribution in [0.25, 0.3) is 0 Å². The van der Waals surface area contributed by atoms with Gasteiger partial charge < -0.3 is 9.80 Å². The fraction of sp³-hybridized carbons (Fsp3) is 0.450. The van der Waals surface area contributed by atoms with E-state index in [2.05, 4.69) is 0 Å². The maximum absolute atomic E-state index is 13.4. The van der Waals surface area contributed by atoms with Gasteiger partial charge >= 0.3 is 0 Å². The molecule has 1 amide bonds. The molecule has 0 atom stereocenters. The molecule has 3 rings (SSSR count). The van der Waals surface area contributed by atoms with E-state index in [0.29, 0.717) is 31.1 Å². The van der Waals surface area contributed by atoms with Crippen LogP contribution in [0.15, 0.2) is 40.6 Å². The van der Waals surface area contributed by atoms with E-state index in [1.54, 1.807) is 45.7 Å². The van der Waals surface area contributed by atoms with Crippen molar-refractivity contribution >= 4 is 33.0 Å². The van der Waals surface area contributed by atoms with Crippen molar-refractivity contribution in [1.82, 2.24) is 9.21 Å². The number of rotatable bonds is 7. The minimum atomic E-state index is -3.63. The summed E-state index contributed by atoms with van der Waals surface area (Å²) >= 11 is 1.56. The summed E-state index contributed by atoms with van der Waals surface area (Å²) in [5.74, 6) is -0.0122. The molecule has 0 unspecified atom stereocenters. The fourth-order valence-electron chi connectivity index (χ4n) is 3.38. The lowest BCUT2D eigenvalue weighted by Gasteiger charge is -2.29. The zero-order valence-corrected chi connectivity index (χ0v) is 18.2. The van der Waals surface area contributed by atoms with Gasteiger partial charge in [0.25, 0.3) is 0 Å². The third-order valence-electron chi connectivity index (χ3n) is 4.90. The lowest BCUT2D eigenvalue weighted by atomic mass is 10.0. The second-order valence-corrected chi connectivity index (χ2v) is 10.3. The van der Waals surface area contributed by atoms with Crippen LogP contribution in [-0.2, 0) is 27.8 Å². The number of benzene rings is 1.